The van der Waals surface area contributed by atoms with E-state index in [1.807, 2.05) is 0 Å². The highest BCUT2D eigenvalue weighted by atomic mass is 16.6. The van der Waals surface area contributed by atoms with Gasteiger partial charge in [-0.15, -0.1) is 0 Å². The molecule has 1 aromatic rings. The van der Waals surface area contributed by atoms with Crippen LogP contribution in [0.2, 0.25) is 0 Å². The van der Waals surface area contributed by atoms with Crippen LogP contribution in [0.5, 0.6) is 0 Å². The lowest BCUT2D eigenvalue weighted by Crippen LogP contribution is -2.26. The van der Waals surface area contributed by atoms with E-state index >= 15 is 0 Å². The molecule has 0 spiro atoms. The van der Waals surface area contributed by atoms with Crippen LogP contribution in [0, 0.1) is 0 Å². The fourth-order valence-electron chi connectivity index (χ4n) is 2.22. The summed E-state index contributed by atoms with van der Waals surface area (Å²) in [5, 5.41) is 3.40. The van der Waals surface area contributed by atoms with Gasteiger partial charge in [-0.2, -0.15) is 5.48 Å². The fourth-order valence-corrected chi connectivity index (χ4v) is 2.22. The van der Waals surface area contributed by atoms with E-state index in [4.69, 9.17) is 4.84 Å². The zero-order valence-corrected chi connectivity index (χ0v) is 9.83. The Balaban J connectivity index is 1.95. The normalized spacial score (nSPS) is 17.6. The molecule has 0 bridgehead atoms. The first-order chi connectivity index (χ1) is 7.90. The SMILES string of the molecule is CONCc1ccc(C2CCNCC2)cc1. The summed E-state index contributed by atoms with van der Waals surface area (Å²) in [4.78, 5) is 4.83. The Hall–Kier alpha value is -0.900. The maximum absolute atomic E-state index is 4.83. The molecule has 1 fully saturated rings. The van der Waals surface area contributed by atoms with Crippen LogP contribution in [0.4, 0.5) is 0 Å². The van der Waals surface area contributed by atoms with Crippen molar-refractivity contribution < 1.29 is 4.84 Å². The van der Waals surface area contributed by atoms with Gasteiger partial charge in [0.2, 0.25) is 0 Å². The second-order valence-corrected chi connectivity index (χ2v) is 4.29. The quantitative estimate of drug-likeness (QED) is 0.759. The van der Waals surface area contributed by atoms with Crippen LogP contribution < -0.4 is 10.8 Å². The second-order valence-electron chi connectivity index (χ2n) is 4.29. The van der Waals surface area contributed by atoms with Gasteiger partial charge in [0.1, 0.15) is 0 Å². The summed E-state index contributed by atoms with van der Waals surface area (Å²) in [6.45, 7) is 3.07. The van der Waals surface area contributed by atoms with E-state index in [-0.39, 0.29) is 0 Å². The van der Waals surface area contributed by atoms with Crippen molar-refractivity contribution in [3.8, 4) is 0 Å². The number of hydrogen-bond acceptors (Lipinski definition) is 3. The standard InChI is InChI=1S/C13H20N2O/c1-16-15-10-11-2-4-12(5-3-11)13-6-8-14-9-7-13/h2-5,13-15H,6-10H2,1H3. The van der Waals surface area contributed by atoms with Crippen molar-refractivity contribution in [2.45, 2.75) is 25.3 Å². The average molecular weight is 220 g/mol. The minimum Gasteiger partial charge on any atom is -0.317 e. The molecule has 0 amide bonds. The molecular formula is C13H20N2O. The Bertz CT molecular complexity index is 304. The molecule has 1 heterocycles. The second kappa shape index (κ2) is 5.99. The summed E-state index contributed by atoms with van der Waals surface area (Å²) in [5.41, 5.74) is 5.59. The minimum atomic E-state index is 0.741. The van der Waals surface area contributed by atoms with E-state index in [1.165, 1.54) is 24.0 Å². The Morgan fingerprint density at radius 1 is 1.25 bits per heavy atom. The van der Waals surface area contributed by atoms with Gasteiger partial charge in [-0.3, -0.25) is 0 Å². The van der Waals surface area contributed by atoms with E-state index in [9.17, 15) is 0 Å². The highest BCUT2D eigenvalue weighted by molar-refractivity contribution is 5.25. The van der Waals surface area contributed by atoms with Crippen molar-refractivity contribution in [3.05, 3.63) is 35.4 Å². The third-order valence-electron chi connectivity index (χ3n) is 3.21. The molecule has 0 unspecified atom stereocenters. The molecule has 88 valence electrons. The lowest BCUT2D eigenvalue weighted by atomic mass is 9.90. The zero-order chi connectivity index (χ0) is 11.2. The van der Waals surface area contributed by atoms with Gasteiger partial charge in [0, 0.05) is 6.54 Å². The van der Waals surface area contributed by atoms with E-state index < -0.39 is 0 Å². The van der Waals surface area contributed by atoms with Gasteiger partial charge in [0.15, 0.2) is 0 Å². The van der Waals surface area contributed by atoms with Gasteiger partial charge in [0.05, 0.1) is 7.11 Å². The lowest BCUT2D eigenvalue weighted by molar-refractivity contribution is 0.0867. The fraction of sp³-hybridized carbons (Fsp3) is 0.538. The first-order valence-electron chi connectivity index (χ1n) is 5.95. The molecule has 3 heteroatoms. The summed E-state index contributed by atoms with van der Waals surface area (Å²) in [6, 6.07) is 8.87. The van der Waals surface area contributed by atoms with E-state index in [0.717, 1.165) is 25.6 Å². The van der Waals surface area contributed by atoms with Gasteiger partial charge in [-0.1, -0.05) is 24.3 Å². The highest BCUT2D eigenvalue weighted by Crippen LogP contribution is 2.25. The van der Waals surface area contributed by atoms with E-state index in [0.29, 0.717) is 0 Å². The van der Waals surface area contributed by atoms with Crippen LogP contribution in [0.25, 0.3) is 0 Å². The number of piperidine rings is 1. The van der Waals surface area contributed by atoms with Crippen molar-refractivity contribution in [2.24, 2.45) is 0 Å². The minimum absolute atomic E-state index is 0.741. The molecule has 1 aromatic carbocycles. The Kier molecular flexibility index (Phi) is 4.34. The zero-order valence-electron chi connectivity index (χ0n) is 9.83. The van der Waals surface area contributed by atoms with Crippen molar-refractivity contribution in [1.82, 2.24) is 10.8 Å². The smallest absolute Gasteiger partial charge is 0.0572 e. The van der Waals surface area contributed by atoms with Crippen LogP contribution in [-0.2, 0) is 11.4 Å². The first-order valence-corrected chi connectivity index (χ1v) is 5.95. The highest BCUT2D eigenvalue weighted by Gasteiger charge is 2.14. The van der Waals surface area contributed by atoms with Gasteiger partial charge in [-0.05, 0) is 43.0 Å². The summed E-state index contributed by atoms with van der Waals surface area (Å²) in [5.74, 6) is 0.741. The molecule has 0 saturated carbocycles. The van der Waals surface area contributed by atoms with Crippen LogP contribution in [0.3, 0.4) is 0 Å². The molecule has 3 nitrogen and oxygen atoms in total. The third-order valence-corrected chi connectivity index (χ3v) is 3.21. The molecule has 2 N–H and O–H groups in total. The summed E-state index contributed by atoms with van der Waals surface area (Å²) in [7, 11) is 1.64. The van der Waals surface area contributed by atoms with Crippen LogP contribution >= 0.6 is 0 Å². The summed E-state index contributed by atoms with van der Waals surface area (Å²) in [6.07, 6.45) is 2.52. The predicted octanol–water partition coefficient (Wildman–Crippen LogP) is 1.80. The summed E-state index contributed by atoms with van der Waals surface area (Å²) >= 11 is 0. The molecule has 0 aromatic heterocycles. The lowest BCUT2D eigenvalue weighted by Gasteiger charge is -2.23. The Morgan fingerprint density at radius 3 is 2.56 bits per heavy atom. The molecule has 2 rings (SSSR count). The molecule has 0 atom stereocenters. The topological polar surface area (TPSA) is 33.3 Å². The molecule has 1 saturated heterocycles. The average Bonchev–Trinajstić information content (AvgIpc) is 2.38. The van der Waals surface area contributed by atoms with Crippen molar-refractivity contribution in [1.29, 1.82) is 0 Å². The van der Waals surface area contributed by atoms with E-state index in [2.05, 4.69) is 35.1 Å². The summed E-state index contributed by atoms with van der Waals surface area (Å²) < 4.78 is 0. The molecule has 1 aliphatic rings. The Morgan fingerprint density at radius 2 is 1.94 bits per heavy atom. The van der Waals surface area contributed by atoms with Gasteiger partial charge < -0.3 is 10.2 Å². The van der Waals surface area contributed by atoms with Gasteiger partial charge in [-0.25, -0.2) is 0 Å². The number of benzene rings is 1. The first kappa shape index (κ1) is 11.6. The molecule has 0 radical (unpaired) electrons. The van der Waals surface area contributed by atoms with Crippen molar-refractivity contribution in [2.75, 3.05) is 20.2 Å². The number of rotatable bonds is 4. The monoisotopic (exact) mass is 220 g/mol. The molecule has 1 aliphatic heterocycles. The van der Waals surface area contributed by atoms with Crippen LogP contribution in [0.1, 0.15) is 29.9 Å². The number of hydroxylamine groups is 1. The number of nitrogens with one attached hydrogen (secondary N) is 2. The molecule has 16 heavy (non-hydrogen) atoms. The maximum atomic E-state index is 4.83. The van der Waals surface area contributed by atoms with Crippen LogP contribution in [-0.4, -0.2) is 20.2 Å². The largest absolute Gasteiger partial charge is 0.317 e. The predicted molar refractivity (Wildman–Crippen MR) is 65.1 cm³/mol. The Labute approximate surface area is 97.1 Å². The maximum Gasteiger partial charge on any atom is 0.0572 e. The van der Waals surface area contributed by atoms with Crippen molar-refractivity contribution in [3.63, 3.8) is 0 Å². The van der Waals surface area contributed by atoms with Crippen LogP contribution in [0.15, 0.2) is 24.3 Å². The third kappa shape index (κ3) is 3.04. The van der Waals surface area contributed by atoms with E-state index in [1.54, 1.807) is 7.11 Å². The molecule has 0 aliphatic carbocycles. The van der Waals surface area contributed by atoms with Crippen molar-refractivity contribution >= 4 is 0 Å². The number of hydrogen-bond donors (Lipinski definition) is 2. The van der Waals surface area contributed by atoms with Gasteiger partial charge >= 0.3 is 0 Å². The van der Waals surface area contributed by atoms with Gasteiger partial charge in [0.25, 0.3) is 0 Å². The molecular weight excluding hydrogens is 200 g/mol.